The van der Waals surface area contributed by atoms with Gasteiger partial charge in [0.25, 0.3) is 0 Å². The second-order valence-electron chi connectivity index (χ2n) is 7.11. The maximum atomic E-state index is 12.6. The third-order valence-corrected chi connectivity index (χ3v) is 4.95. The number of hydrogen-bond acceptors (Lipinski definition) is 8. The van der Waals surface area contributed by atoms with Crippen LogP contribution in [0.2, 0.25) is 0 Å². The first kappa shape index (κ1) is 22.3. The van der Waals surface area contributed by atoms with Crippen LogP contribution in [-0.4, -0.2) is 79.4 Å². The summed E-state index contributed by atoms with van der Waals surface area (Å²) in [6, 6.07) is 4.69. The Kier molecular flexibility index (Phi) is 6.00. The summed E-state index contributed by atoms with van der Waals surface area (Å²) in [6.45, 7) is 2.02. The average molecular weight is 466 g/mol. The molecule has 1 fully saturated rings. The molecule has 1 aromatic carbocycles. The van der Waals surface area contributed by atoms with E-state index in [2.05, 4.69) is 20.0 Å². The van der Waals surface area contributed by atoms with Crippen molar-refractivity contribution in [2.75, 3.05) is 26.2 Å². The number of aromatic carboxylic acids is 1. The molecule has 11 nitrogen and oxygen atoms in total. The maximum Gasteiger partial charge on any atom is 0.573 e. The average Bonchev–Trinajstić information content (AvgIpc) is 3.46. The van der Waals surface area contributed by atoms with E-state index in [1.54, 1.807) is 0 Å². The lowest BCUT2D eigenvalue weighted by Gasteiger charge is -2.34. The number of ether oxygens (including phenoxy) is 1. The molecule has 2 aromatic heterocycles. The summed E-state index contributed by atoms with van der Waals surface area (Å²) in [4.78, 5) is 27.0. The zero-order valence-electron chi connectivity index (χ0n) is 16.9. The van der Waals surface area contributed by atoms with Crippen LogP contribution in [0.15, 0.2) is 41.3 Å². The molecule has 1 saturated heterocycles. The Morgan fingerprint density at radius 2 is 1.91 bits per heavy atom. The molecule has 0 bridgehead atoms. The van der Waals surface area contributed by atoms with Crippen LogP contribution in [0.3, 0.4) is 0 Å². The van der Waals surface area contributed by atoms with Gasteiger partial charge in [-0.2, -0.15) is 9.78 Å². The van der Waals surface area contributed by atoms with Crippen LogP contribution < -0.4 is 4.74 Å². The van der Waals surface area contributed by atoms with Crippen molar-refractivity contribution in [2.45, 2.75) is 12.9 Å². The second kappa shape index (κ2) is 8.90. The Morgan fingerprint density at radius 1 is 1.15 bits per heavy atom. The number of nitrogens with zero attached hydrogens (tertiary/aromatic N) is 6. The van der Waals surface area contributed by atoms with Gasteiger partial charge < -0.3 is 19.2 Å². The van der Waals surface area contributed by atoms with Gasteiger partial charge in [-0.05, 0) is 23.8 Å². The molecule has 3 heterocycles. The number of carbonyl (C=O) groups is 2. The molecule has 174 valence electrons. The zero-order valence-corrected chi connectivity index (χ0v) is 16.9. The molecule has 0 aliphatic carbocycles. The predicted octanol–water partition coefficient (Wildman–Crippen LogP) is 2.32. The Bertz CT molecular complexity index is 1140. The Morgan fingerprint density at radius 3 is 2.52 bits per heavy atom. The third-order valence-electron chi connectivity index (χ3n) is 4.95. The first-order chi connectivity index (χ1) is 15.7. The van der Waals surface area contributed by atoms with Gasteiger partial charge in [-0.15, -0.1) is 23.4 Å². The van der Waals surface area contributed by atoms with Gasteiger partial charge in [0.1, 0.15) is 5.75 Å². The highest BCUT2D eigenvalue weighted by Crippen LogP contribution is 2.31. The minimum Gasteiger partial charge on any atom is -0.476 e. The SMILES string of the molecule is O=C(O)c1ccn(C(=O)N2CCN(Cc3ccc(OC(F)(F)F)cc3-c3nnco3)CC2)n1. The van der Waals surface area contributed by atoms with Crippen LogP contribution in [0.25, 0.3) is 11.5 Å². The van der Waals surface area contributed by atoms with Gasteiger partial charge in [0.05, 0.1) is 0 Å². The van der Waals surface area contributed by atoms with Gasteiger partial charge in [0, 0.05) is 44.5 Å². The molecule has 0 spiro atoms. The topological polar surface area (TPSA) is 127 Å². The van der Waals surface area contributed by atoms with Crippen LogP contribution >= 0.6 is 0 Å². The van der Waals surface area contributed by atoms with Crippen molar-refractivity contribution in [3.05, 3.63) is 48.1 Å². The van der Waals surface area contributed by atoms with E-state index in [1.807, 2.05) is 4.90 Å². The highest BCUT2D eigenvalue weighted by Gasteiger charge is 2.32. The molecule has 1 amide bonds. The number of rotatable bonds is 5. The predicted molar refractivity (Wildman–Crippen MR) is 103 cm³/mol. The first-order valence-corrected chi connectivity index (χ1v) is 9.65. The molecule has 0 unspecified atom stereocenters. The molecular weight excluding hydrogens is 449 g/mol. The molecule has 0 atom stereocenters. The van der Waals surface area contributed by atoms with Gasteiger partial charge in [0.2, 0.25) is 12.3 Å². The van der Waals surface area contributed by atoms with E-state index in [-0.39, 0.29) is 11.6 Å². The van der Waals surface area contributed by atoms with Crippen molar-refractivity contribution in [1.82, 2.24) is 29.8 Å². The van der Waals surface area contributed by atoms with Crippen LogP contribution in [0.1, 0.15) is 16.1 Å². The van der Waals surface area contributed by atoms with Gasteiger partial charge in [0.15, 0.2) is 5.69 Å². The van der Waals surface area contributed by atoms with E-state index in [4.69, 9.17) is 9.52 Å². The fourth-order valence-corrected chi connectivity index (χ4v) is 3.41. The lowest BCUT2D eigenvalue weighted by Crippen LogP contribution is -2.49. The van der Waals surface area contributed by atoms with Crippen LogP contribution in [0, 0.1) is 0 Å². The molecule has 1 aliphatic heterocycles. The number of hydrogen-bond donors (Lipinski definition) is 1. The molecule has 1 aliphatic rings. The van der Waals surface area contributed by atoms with Gasteiger partial charge in [-0.25, -0.2) is 9.59 Å². The van der Waals surface area contributed by atoms with Crippen LogP contribution in [-0.2, 0) is 6.54 Å². The summed E-state index contributed by atoms with van der Waals surface area (Å²) in [5.74, 6) is -1.58. The van der Waals surface area contributed by atoms with E-state index in [9.17, 15) is 22.8 Å². The van der Waals surface area contributed by atoms with Crippen molar-refractivity contribution in [2.24, 2.45) is 0 Å². The molecular formula is C19H17F3N6O5. The van der Waals surface area contributed by atoms with Gasteiger partial charge in [-0.3, -0.25) is 4.90 Å². The summed E-state index contributed by atoms with van der Waals surface area (Å²) in [5, 5.41) is 20.0. The number of piperazine rings is 1. The smallest absolute Gasteiger partial charge is 0.476 e. The van der Waals surface area contributed by atoms with E-state index < -0.39 is 24.1 Å². The number of alkyl halides is 3. The van der Waals surface area contributed by atoms with Crippen LogP contribution in [0.4, 0.5) is 18.0 Å². The fourth-order valence-electron chi connectivity index (χ4n) is 3.41. The Hall–Kier alpha value is -3.94. The van der Waals surface area contributed by atoms with Crippen molar-refractivity contribution in [1.29, 1.82) is 0 Å². The highest BCUT2D eigenvalue weighted by molar-refractivity contribution is 5.86. The number of aromatic nitrogens is 4. The highest BCUT2D eigenvalue weighted by atomic mass is 19.4. The summed E-state index contributed by atoms with van der Waals surface area (Å²) in [6.07, 6.45) is -2.47. The molecule has 14 heteroatoms. The number of amides is 1. The van der Waals surface area contributed by atoms with E-state index in [0.29, 0.717) is 43.9 Å². The lowest BCUT2D eigenvalue weighted by atomic mass is 10.1. The molecule has 3 aromatic rings. The molecule has 0 radical (unpaired) electrons. The normalized spacial score (nSPS) is 14.9. The zero-order chi connectivity index (χ0) is 23.6. The summed E-state index contributed by atoms with van der Waals surface area (Å²) in [5.41, 5.74) is 0.728. The minimum atomic E-state index is -4.84. The molecule has 0 saturated carbocycles. The Balaban J connectivity index is 1.43. The molecule has 1 N–H and O–H groups in total. The second-order valence-corrected chi connectivity index (χ2v) is 7.11. The van der Waals surface area contributed by atoms with Crippen molar-refractivity contribution < 1.29 is 37.0 Å². The summed E-state index contributed by atoms with van der Waals surface area (Å²) in [7, 11) is 0. The standard InChI is InChI=1S/C19H17F3N6O5/c20-19(21,22)33-13-2-1-12(14(9-13)16-24-23-11-32-16)10-26-5-7-27(8-6-26)18(31)28-4-3-15(25-28)17(29)30/h1-4,9,11H,5-8,10H2,(H,29,30). The molecule has 4 rings (SSSR count). The van der Waals surface area contributed by atoms with E-state index >= 15 is 0 Å². The fraction of sp³-hybridized carbons (Fsp3) is 0.316. The van der Waals surface area contributed by atoms with Crippen molar-refractivity contribution >= 4 is 12.0 Å². The van der Waals surface area contributed by atoms with E-state index in [0.717, 1.165) is 11.1 Å². The Labute approximate surface area is 184 Å². The van der Waals surface area contributed by atoms with Crippen molar-refractivity contribution in [3.63, 3.8) is 0 Å². The molecule has 33 heavy (non-hydrogen) atoms. The monoisotopic (exact) mass is 466 g/mol. The minimum absolute atomic E-state index is 0.0550. The number of carbonyl (C=O) groups excluding carboxylic acids is 1. The maximum absolute atomic E-state index is 12.6. The lowest BCUT2D eigenvalue weighted by molar-refractivity contribution is -0.274. The number of halogens is 3. The summed E-state index contributed by atoms with van der Waals surface area (Å²) < 4.78 is 48.0. The number of carboxylic acids is 1. The van der Waals surface area contributed by atoms with Crippen molar-refractivity contribution in [3.8, 4) is 17.2 Å². The number of carboxylic acid groups (broad SMARTS) is 1. The van der Waals surface area contributed by atoms with Gasteiger partial charge >= 0.3 is 18.4 Å². The quantitative estimate of drug-likeness (QED) is 0.603. The van der Waals surface area contributed by atoms with Gasteiger partial charge in [-0.1, -0.05) is 6.07 Å². The number of benzene rings is 1. The first-order valence-electron chi connectivity index (χ1n) is 9.65. The van der Waals surface area contributed by atoms with Crippen LogP contribution in [0.5, 0.6) is 5.75 Å². The van der Waals surface area contributed by atoms with E-state index in [1.165, 1.54) is 35.4 Å². The largest absolute Gasteiger partial charge is 0.573 e. The third kappa shape index (κ3) is 5.28. The summed E-state index contributed by atoms with van der Waals surface area (Å²) >= 11 is 0.